The largest absolute Gasteiger partial charge is 0.376 e. The van der Waals surface area contributed by atoms with Crippen molar-refractivity contribution in [2.75, 3.05) is 26.9 Å². The van der Waals surface area contributed by atoms with Crippen LogP contribution in [0, 0.1) is 0 Å². The molecule has 15 heavy (non-hydrogen) atoms. The van der Waals surface area contributed by atoms with Crippen LogP contribution in [0.2, 0.25) is 0 Å². The molecule has 0 aliphatic carbocycles. The van der Waals surface area contributed by atoms with Gasteiger partial charge in [-0.1, -0.05) is 0 Å². The van der Waals surface area contributed by atoms with E-state index in [4.69, 9.17) is 9.47 Å². The topological polar surface area (TPSA) is 48.3 Å². The van der Waals surface area contributed by atoms with Crippen LogP contribution in [0.15, 0.2) is 12.5 Å². The summed E-state index contributed by atoms with van der Waals surface area (Å²) in [6, 6.07) is 0. The van der Waals surface area contributed by atoms with E-state index in [2.05, 4.69) is 14.9 Å². The van der Waals surface area contributed by atoms with E-state index in [1.807, 2.05) is 19.6 Å². The number of rotatable bonds is 4. The van der Waals surface area contributed by atoms with E-state index in [1.54, 1.807) is 0 Å². The molecule has 5 heteroatoms. The van der Waals surface area contributed by atoms with Crippen molar-refractivity contribution in [2.45, 2.75) is 19.2 Å². The number of aromatic nitrogens is 2. The van der Waals surface area contributed by atoms with Gasteiger partial charge in [-0.3, -0.25) is 0 Å². The first kappa shape index (κ1) is 10.6. The maximum atomic E-state index is 5.59. The Morgan fingerprint density at radius 3 is 3.27 bits per heavy atom. The normalized spacial score (nSPS) is 21.8. The third-order valence-corrected chi connectivity index (χ3v) is 2.44. The minimum absolute atomic E-state index is 0.156. The molecule has 5 nitrogen and oxygen atoms in total. The van der Waals surface area contributed by atoms with Gasteiger partial charge in [-0.05, 0) is 7.05 Å². The van der Waals surface area contributed by atoms with Gasteiger partial charge in [0.2, 0.25) is 0 Å². The Balaban J connectivity index is 1.93. The molecule has 1 aromatic rings. The van der Waals surface area contributed by atoms with Gasteiger partial charge < -0.3 is 19.4 Å². The maximum absolute atomic E-state index is 5.59. The molecule has 0 spiro atoms. The van der Waals surface area contributed by atoms with Gasteiger partial charge in [-0.25, -0.2) is 4.98 Å². The third-order valence-electron chi connectivity index (χ3n) is 2.44. The number of hydrogen-bond donors (Lipinski definition) is 1. The van der Waals surface area contributed by atoms with Crippen LogP contribution in [0.1, 0.15) is 5.69 Å². The van der Waals surface area contributed by atoms with Crippen LogP contribution < -0.4 is 5.32 Å². The fraction of sp³-hybridized carbons (Fsp3) is 0.700. The molecular formula is C10H17N3O2. The fourth-order valence-electron chi connectivity index (χ4n) is 1.70. The highest BCUT2D eigenvalue weighted by atomic mass is 16.6. The number of imidazole rings is 1. The van der Waals surface area contributed by atoms with Crippen LogP contribution in [0.25, 0.3) is 0 Å². The number of nitrogens with zero attached hydrogens (tertiary/aromatic N) is 2. The summed E-state index contributed by atoms with van der Waals surface area (Å²) < 4.78 is 13.1. The first-order valence-corrected chi connectivity index (χ1v) is 5.23. The fourth-order valence-corrected chi connectivity index (χ4v) is 1.70. The predicted octanol–water partition coefficient (Wildman–Crippen LogP) is 0.0179. The molecule has 1 atom stereocenters. The Labute approximate surface area is 89.4 Å². The Bertz CT molecular complexity index is 295. The minimum Gasteiger partial charge on any atom is -0.376 e. The van der Waals surface area contributed by atoms with E-state index in [-0.39, 0.29) is 6.10 Å². The maximum Gasteiger partial charge on any atom is 0.0988 e. The molecule has 2 heterocycles. The summed E-state index contributed by atoms with van der Waals surface area (Å²) in [5, 5.41) is 3.11. The first-order chi connectivity index (χ1) is 7.40. The van der Waals surface area contributed by atoms with Gasteiger partial charge in [0, 0.05) is 12.7 Å². The first-order valence-electron chi connectivity index (χ1n) is 5.23. The van der Waals surface area contributed by atoms with E-state index in [9.17, 15) is 0 Å². The minimum atomic E-state index is 0.156. The molecule has 84 valence electrons. The zero-order valence-electron chi connectivity index (χ0n) is 8.98. The predicted molar refractivity (Wildman–Crippen MR) is 55.5 cm³/mol. The molecule has 1 N–H and O–H groups in total. The Morgan fingerprint density at radius 2 is 2.53 bits per heavy atom. The van der Waals surface area contributed by atoms with Gasteiger partial charge in [-0.2, -0.15) is 0 Å². The van der Waals surface area contributed by atoms with Gasteiger partial charge in [0.1, 0.15) is 0 Å². The average Bonchev–Trinajstić information content (AvgIpc) is 2.68. The SMILES string of the molecule is CNCc1cncn1CC1COCCO1. The van der Waals surface area contributed by atoms with Crippen molar-refractivity contribution in [3.05, 3.63) is 18.2 Å². The molecule has 1 aliphatic heterocycles. The van der Waals surface area contributed by atoms with Crippen molar-refractivity contribution in [3.63, 3.8) is 0 Å². The zero-order valence-corrected chi connectivity index (χ0v) is 8.98. The van der Waals surface area contributed by atoms with Crippen LogP contribution in [0.5, 0.6) is 0 Å². The van der Waals surface area contributed by atoms with Gasteiger partial charge in [0.05, 0.1) is 44.5 Å². The summed E-state index contributed by atoms with van der Waals surface area (Å²) >= 11 is 0. The number of hydrogen-bond acceptors (Lipinski definition) is 4. The van der Waals surface area contributed by atoms with Crippen LogP contribution in [-0.2, 0) is 22.6 Å². The molecule has 1 unspecified atom stereocenters. The second-order valence-corrected chi connectivity index (χ2v) is 3.64. The summed E-state index contributed by atoms with van der Waals surface area (Å²) in [6.07, 6.45) is 3.87. The van der Waals surface area contributed by atoms with Crippen LogP contribution in [-0.4, -0.2) is 42.5 Å². The van der Waals surface area contributed by atoms with Crippen molar-refractivity contribution in [2.24, 2.45) is 0 Å². The monoisotopic (exact) mass is 211 g/mol. The second kappa shape index (κ2) is 5.25. The highest BCUT2D eigenvalue weighted by molar-refractivity contribution is 4.98. The van der Waals surface area contributed by atoms with E-state index in [0.717, 1.165) is 13.1 Å². The molecule has 1 aliphatic rings. The van der Waals surface area contributed by atoms with Crippen LogP contribution >= 0.6 is 0 Å². The van der Waals surface area contributed by atoms with Crippen molar-refractivity contribution < 1.29 is 9.47 Å². The Hall–Kier alpha value is -0.910. The zero-order chi connectivity index (χ0) is 10.5. The summed E-state index contributed by atoms with van der Waals surface area (Å²) in [7, 11) is 1.93. The van der Waals surface area contributed by atoms with E-state index >= 15 is 0 Å². The highest BCUT2D eigenvalue weighted by Crippen LogP contribution is 2.06. The van der Waals surface area contributed by atoms with E-state index in [0.29, 0.717) is 19.8 Å². The van der Waals surface area contributed by atoms with Crippen molar-refractivity contribution in [3.8, 4) is 0 Å². The van der Waals surface area contributed by atoms with Crippen molar-refractivity contribution >= 4 is 0 Å². The molecule has 2 rings (SSSR count). The molecular weight excluding hydrogens is 194 g/mol. The van der Waals surface area contributed by atoms with Gasteiger partial charge in [-0.15, -0.1) is 0 Å². The number of ether oxygens (including phenoxy) is 2. The lowest BCUT2D eigenvalue weighted by Gasteiger charge is -2.23. The van der Waals surface area contributed by atoms with E-state index in [1.165, 1.54) is 5.69 Å². The average molecular weight is 211 g/mol. The van der Waals surface area contributed by atoms with Crippen LogP contribution in [0.3, 0.4) is 0 Å². The Kier molecular flexibility index (Phi) is 3.71. The molecule has 0 amide bonds. The quantitative estimate of drug-likeness (QED) is 0.762. The standard InChI is InChI=1S/C10H17N3O2/c1-11-4-9-5-12-8-13(9)6-10-7-14-2-3-15-10/h5,8,10-11H,2-4,6-7H2,1H3. The highest BCUT2D eigenvalue weighted by Gasteiger charge is 2.15. The summed E-state index contributed by atoms with van der Waals surface area (Å²) in [4.78, 5) is 4.13. The van der Waals surface area contributed by atoms with Gasteiger partial charge in [0.15, 0.2) is 0 Å². The van der Waals surface area contributed by atoms with Crippen LogP contribution in [0.4, 0.5) is 0 Å². The number of nitrogens with one attached hydrogen (secondary N) is 1. The van der Waals surface area contributed by atoms with Gasteiger partial charge in [0.25, 0.3) is 0 Å². The lowest BCUT2D eigenvalue weighted by atomic mass is 10.3. The summed E-state index contributed by atoms with van der Waals surface area (Å²) in [6.45, 7) is 3.73. The molecule has 1 aromatic heterocycles. The molecule has 0 bridgehead atoms. The lowest BCUT2D eigenvalue weighted by Crippen LogP contribution is -2.32. The molecule has 1 saturated heterocycles. The smallest absolute Gasteiger partial charge is 0.0988 e. The van der Waals surface area contributed by atoms with Crippen molar-refractivity contribution in [1.82, 2.24) is 14.9 Å². The lowest BCUT2D eigenvalue weighted by molar-refractivity contribution is -0.0938. The Morgan fingerprint density at radius 1 is 1.60 bits per heavy atom. The third kappa shape index (κ3) is 2.77. The molecule has 0 aromatic carbocycles. The molecule has 1 fully saturated rings. The summed E-state index contributed by atoms with van der Waals surface area (Å²) in [5.74, 6) is 0. The van der Waals surface area contributed by atoms with Crippen molar-refractivity contribution in [1.29, 1.82) is 0 Å². The molecule has 0 radical (unpaired) electrons. The summed E-state index contributed by atoms with van der Waals surface area (Å²) in [5.41, 5.74) is 1.17. The molecule has 0 saturated carbocycles. The van der Waals surface area contributed by atoms with Gasteiger partial charge >= 0.3 is 0 Å². The second-order valence-electron chi connectivity index (χ2n) is 3.64. The van der Waals surface area contributed by atoms with E-state index < -0.39 is 0 Å².